The van der Waals surface area contributed by atoms with Crippen LogP contribution in [0.15, 0.2) is 36.8 Å². The quantitative estimate of drug-likeness (QED) is 0.884. The number of nitrogens with zero attached hydrogens (tertiary/aromatic N) is 3. The van der Waals surface area contributed by atoms with Gasteiger partial charge in [0.05, 0.1) is 24.2 Å². The van der Waals surface area contributed by atoms with Crippen LogP contribution in [0.4, 0.5) is 0 Å². The Balaban J connectivity index is 1.59. The number of nitrogens with one attached hydrogen (secondary N) is 1. The van der Waals surface area contributed by atoms with Crippen LogP contribution in [0.5, 0.6) is 0 Å². The van der Waals surface area contributed by atoms with Gasteiger partial charge in [-0.25, -0.2) is 4.98 Å². The van der Waals surface area contributed by atoms with Gasteiger partial charge in [-0.2, -0.15) is 0 Å². The lowest BCUT2D eigenvalue weighted by molar-refractivity contribution is -0.0705. The summed E-state index contributed by atoms with van der Waals surface area (Å²) < 4.78 is 7.89. The highest BCUT2D eigenvalue weighted by atomic mass is 16.5. The second-order valence-electron chi connectivity index (χ2n) is 6.82. The van der Waals surface area contributed by atoms with Crippen molar-refractivity contribution in [3.8, 4) is 0 Å². The predicted octanol–water partition coefficient (Wildman–Crippen LogP) is 2.32. The highest BCUT2D eigenvalue weighted by Crippen LogP contribution is 2.17. The summed E-state index contributed by atoms with van der Waals surface area (Å²) in [5.74, 6) is 0. The van der Waals surface area contributed by atoms with Gasteiger partial charge in [0.15, 0.2) is 0 Å². The van der Waals surface area contributed by atoms with E-state index < -0.39 is 0 Å². The molecule has 0 spiro atoms. The molecule has 1 fully saturated rings. The molecule has 0 amide bonds. The van der Waals surface area contributed by atoms with Crippen molar-refractivity contribution in [1.29, 1.82) is 0 Å². The van der Waals surface area contributed by atoms with Crippen molar-refractivity contribution < 1.29 is 4.74 Å². The van der Waals surface area contributed by atoms with E-state index >= 15 is 0 Å². The second-order valence-corrected chi connectivity index (χ2v) is 6.82. The number of ether oxygens (including phenoxy) is 1. The molecule has 3 rings (SSSR count). The van der Waals surface area contributed by atoms with Gasteiger partial charge in [-0.05, 0) is 25.0 Å². The van der Waals surface area contributed by atoms with E-state index in [0.29, 0.717) is 12.2 Å². The van der Waals surface area contributed by atoms with Gasteiger partial charge in [0, 0.05) is 46.0 Å². The minimum Gasteiger partial charge on any atom is -0.373 e. The van der Waals surface area contributed by atoms with Crippen LogP contribution in [0.1, 0.15) is 30.7 Å². The Bertz CT molecular complexity index is 644. The van der Waals surface area contributed by atoms with E-state index in [1.165, 1.54) is 16.8 Å². The largest absolute Gasteiger partial charge is 0.373 e. The number of hydrogen-bond acceptors (Lipinski definition) is 4. The Labute approximate surface area is 144 Å². The summed E-state index contributed by atoms with van der Waals surface area (Å²) in [6, 6.07) is 8.72. The number of morpholine rings is 1. The number of rotatable bonds is 6. The molecule has 0 saturated carbocycles. The third-order valence-corrected chi connectivity index (χ3v) is 4.55. The molecule has 0 bridgehead atoms. The van der Waals surface area contributed by atoms with Crippen LogP contribution in [0, 0.1) is 0 Å². The smallest absolute Gasteiger partial charge is 0.0945 e. The lowest BCUT2D eigenvalue weighted by Crippen LogP contribution is -2.45. The average Bonchev–Trinajstić information content (AvgIpc) is 2.93. The zero-order valence-corrected chi connectivity index (χ0v) is 14.9. The zero-order chi connectivity index (χ0) is 16.9. The number of aryl methyl sites for hydroxylation is 1. The molecule has 0 unspecified atom stereocenters. The summed E-state index contributed by atoms with van der Waals surface area (Å²) in [6.45, 7) is 9.01. The van der Waals surface area contributed by atoms with Crippen molar-refractivity contribution in [3.05, 3.63) is 53.6 Å². The standard InChI is InChI=1S/C19H28N4O/c1-15-11-23(12-16(2)24-15)13-18-7-5-4-6-17(18)8-20-9-19-10-21-14-22(19)3/h4-7,10,14-16,20H,8-9,11-13H2,1-3H3/t15-,16+. The van der Waals surface area contributed by atoms with E-state index in [-0.39, 0.29) is 0 Å². The number of aromatic nitrogens is 2. The molecule has 5 nitrogen and oxygen atoms in total. The highest BCUT2D eigenvalue weighted by Gasteiger charge is 2.22. The van der Waals surface area contributed by atoms with Gasteiger partial charge < -0.3 is 14.6 Å². The summed E-state index contributed by atoms with van der Waals surface area (Å²) in [5.41, 5.74) is 3.96. The molecule has 130 valence electrons. The van der Waals surface area contributed by atoms with E-state index in [1.807, 2.05) is 19.6 Å². The summed E-state index contributed by atoms with van der Waals surface area (Å²) in [6.07, 6.45) is 4.37. The molecule has 2 heterocycles. The first-order valence-electron chi connectivity index (χ1n) is 8.72. The van der Waals surface area contributed by atoms with Crippen molar-refractivity contribution >= 4 is 0 Å². The Morgan fingerprint density at radius 3 is 2.50 bits per heavy atom. The molecule has 1 aliphatic rings. The third kappa shape index (κ3) is 4.44. The molecule has 1 saturated heterocycles. The first kappa shape index (κ1) is 17.1. The molecule has 2 atom stereocenters. The van der Waals surface area contributed by atoms with Crippen LogP contribution in [0.3, 0.4) is 0 Å². The fourth-order valence-electron chi connectivity index (χ4n) is 3.42. The number of hydrogen-bond donors (Lipinski definition) is 1. The topological polar surface area (TPSA) is 42.3 Å². The van der Waals surface area contributed by atoms with E-state index in [1.54, 1.807) is 0 Å². The van der Waals surface area contributed by atoms with Gasteiger partial charge >= 0.3 is 0 Å². The third-order valence-electron chi connectivity index (χ3n) is 4.55. The molecule has 1 aromatic carbocycles. The number of benzene rings is 1. The van der Waals surface area contributed by atoms with Crippen LogP contribution < -0.4 is 5.32 Å². The Kier molecular flexibility index (Phi) is 5.66. The van der Waals surface area contributed by atoms with Crippen molar-refractivity contribution in [3.63, 3.8) is 0 Å². The molecule has 24 heavy (non-hydrogen) atoms. The zero-order valence-electron chi connectivity index (χ0n) is 14.9. The Morgan fingerprint density at radius 2 is 1.83 bits per heavy atom. The van der Waals surface area contributed by atoms with Gasteiger partial charge in [-0.3, -0.25) is 4.90 Å². The van der Waals surface area contributed by atoms with Crippen LogP contribution in [0.2, 0.25) is 0 Å². The van der Waals surface area contributed by atoms with Crippen molar-refractivity contribution in [2.24, 2.45) is 7.05 Å². The highest BCUT2D eigenvalue weighted by molar-refractivity contribution is 5.27. The van der Waals surface area contributed by atoms with Crippen LogP contribution in [-0.2, 0) is 31.4 Å². The van der Waals surface area contributed by atoms with Crippen molar-refractivity contribution in [2.45, 2.75) is 45.7 Å². The fraction of sp³-hybridized carbons (Fsp3) is 0.526. The maximum Gasteiger partial charge on any atom is 0.0945 e. The SMILES string of the molecule is C[C@@H]1CN(Cc2ccccc2CNCc2cncn2C)C[C@H](C)O1. The summed E-state index contributed by atoms with van der Waals surface area (Å²) >= 11 is 0. The fourth-order valence-corrected chi connectivity index (χ4v) is 3.42. The molecular weight excluding hydrogens is 300 g/mol. The van der Waals surface area contributed by atoms with Crippen LogP contribution in [-0.4, -0.2) is 39.7 Å². The van der Waals surface area contributed by atoms with Crippen LogP contribution in [0.25, 0.3) is 0 Å². The molecular formula is C19H28N4O. The maximum atomic E-state index is 5.84. The monoisotopic (exact) mass is 328 g/mol. The normalized spacial score (nSPS) is 22.0. The van der Waals surface area contributed by atoms with Crippen molar-refractivity contribution in [1.82, 2.24) is 19.8 Å². The Hall–Kier alpha value is -1.69. The lowest BCUT2D eigenvalue weighted by atomic mass is 10.1. The minimum absolute atomic E-state index is 0.309. The Morgan fingerprint density at radius 1 is 1.12 bits per heavy atom. The van der Waals surface area contributed by atoms with Gasteiger partial charge in [0.1, 0.15) is 0 Å². The summed E-state index contributed by atoms with van der Waals surface area (Å²) in [4.78, 5) is 6.66. The molecule has 1 N–H and O–H groups in total. The second kappa shape index (κ2) is 7.92. The van der Waals surface area contributed by atoms with E-state index in [0.717, 1.165) is 32.7 Å². The molecule has 2 aromatic rings. The average molecular weight is 328 g/mol. The van der Waals surface area contributed by atoms with E-state index in [4.69, 9.17) is 4.74 Å². The molecule has 0 aliphatic carbocycles. The summed E-state index contributed by atoms with van der Waals surface area (Å²) in [7, 11) is 2.03. The molecule has 1 aliphatic heterocycles. The van der Waals surface area contributed by atoms with E-state index in [9.17, 15) is 0 Å². The molecule has 1 aromatic heterocycles. The number of imidazole rings is 1. The molecule has 0 radical (unpaired) electrons. The van der Waals surface area contributed by atoms with Gasteiger partial charge in [-0.15, -0.1) is 0 Å². The maximum absolute atomic E-state index is 5.84. The summed E-state index contributed by atoms with van der Waals surface area (Å²) in [5, 5.41) is 3.54. The first-order chi connectivity index (χ1) is 11.6. The van der Waals surface area contributed by atoms with Crippen LogP contribution >= 0.6 is 0 Å². The van der Waals surface area contributed by atoms with E-state index in [2.05, 4.69) is 57.9 Å². The predicted molar refractivity (Wildman–Crippen MR) is 95.5 cm³/mol. The lowest BCUT2D eigenvalue weighted by Gasteiger charge is -2.35. The minimum atomic E-state index is 0.309. The van der Waals surface area contributed by atoms with Gasteiger partial charge in [0.2, 0.25) is 0 Å². The first-order valence-corrected chi connectivity index (χ1v) is 8.72. The van der Waals surface area contributed by atoms with Gasteiger partial charge in [-0.1, -0.05) is 24.3 Å². The van der Waals surface area contributed by atoms with Gasteiger partial charge in [0.25, 0.3) is 0 Å². The molecule has 5 heteroatoms. The van der Waals surface area contributed by atoms with Crippen molar-refractivity contribution in [2.75, 3.05) is 13.1 Å².